The molecule has 1 aliphatic heterocycles. The average molecular weight is 470 g/mol. The Morgan fingerprint density at radius 3 is 2.71 bits per heavy atom. The summed E-state index contributed by atoms with van der Waals surface area (Å²) >= 11 is 0. The van der Waals surface area contributed by atoms with Crippen molar-refractivity contribution in [1.82, 2.24) is 25.1 Å². The number of imidazole rings is 1. The number of nitrogens with one attached hydrogen (secondary N) is 2. The number of amides is 3. The quantitative estimate of drug-likeness (QED) is 0.557. The van der Waals surface area contributed by atoms with Gasteiger partial charge in [0.15, 0.2) is 5.69 Å². The number of benzene rings is 1. The molecule has 1 unspecified atom stereocenters. The fraction of sp³-hybridized carbons (Fsp3) is 0.520. The van der Waals surface area contributed by atoms with Crippen LogP contribution in [0.1, 0.15) is 67.1 Å². The zero-order valence-corrected chi connectivity index (χ0v) is 20.7. The first-order valence-corrected chi connectivity index (χ1v) is 11.8. The second-order valence-electron chi connectivity index (χ2n) is 9.27. The van der Waals surface area contributed by atoms with Gasteiger partial charge in [-0.3, -0.25) is 14.4 Å². The first-order chi connectivity index (χ1) is 16.2. The van der Waals surface area contributed by atoms with Gasteiger partial charge in [-0.2, -0.15) is 0 Å². The molecule has 0 saturated carbocycles. The van der Waals surface area contributed by atoms with Gasteiger partial charge in [0.1, 0.15) is 17.0 Å². The van der Waals surface area contributed by atoms with Crippen LogP contribution in [0.4, 0.5) is 0 Å². The highest BCUT2D eigenvalue weighted by molar-refractivity contribution is 6.07. The summed E-state index contributed by atoms with van der Waals surface area (Å²) in [5.41, 5.74) is 0.0808. The lowest BCUT2D eigenvalue weighted by atomic mass is 9.93. The van der Waals surface area contributed by atoms with Gasteiger partial charge in [-0.1, -0.05) is 32.9 Å². The van der Waals surface area contributed by atoms with E-state index in [1.165, 1.54) is 6.33 Å². The Labute approximate surface area is 200 Å². The number of methoxy groups -OCH3 is 1. The molecule has 0 bridgehead atoms. The highest BCUT2D eigenvalue weighted by Crippen LogP contribution is 2.29. The minimum Gasteiger partial charge on any atom is -0.497 e. The van der Waals surface area contributed by atoms with E-state index >= 15 is 0 Å². The average Bonchev–Trinajstić information content (AvgIpc) is 3.23. The maximum Gasteiger partial charge on any atom is 0.273 e. The lowest BCUT2D eigenvalue weighted by molar-refractivity contribution is -0.132. The predicted molar refractivity (Wildman–Crippen MR) is 129 cm³/mol. The van der Waals surface area contributed by atoms with E-state index in [-0.39, 0.29) is 36.3 Å². The van der Waals surface area contributed by atoms with Crippen LogP contribution >= 0.6 is 0 Å². The van der Waals surface area contributed by atoms with Gasteiger partial charge in [0.2, 0.25) is 5.91 Å². The molecule has 9 nitrogen and oxygen atoms in total. The van der Waals surface area contributed by atoms with E-state index in [1.807, 2.05) is 31.2 Å². The van der Waals surface area contributed by atoms with Crippen molar-refractivity contribution in [2.45, 2.75) is 59.2 Å². The first kappa shape index (κ1) is 25.3. The van der Waals surface area contributed by atoms with Crippen LogP contribution in [0.5, 0.6) is 5.75 Å². The van der Waals surface area contributed by atoms with Crippen molar-refractivity contribution < 1.29 is 19.1 Å². The number of hydrogen-bond donors (Lipinski definition) is 2. The smallest absolute Gasteiger partial charge is 0.273 e. The molecule has 0 aliphatic carbocycles. The van der Waals surface area contributed by atoms with Crippen LogP contribution in [0.3, 0.4) is 0 Å². The number of ether oxygens (including phenoxy) is 1. The minimum atomic E-state index is -1.06. The summed E-state index contributed by atoms with van der Waals surface area (Å²) < 4.78 is 6.84. The molecule has 1 atom stereocenters. The van der Waals surface area contributed by atoms with Crippen molar-refractivity contribution in [2.75, 3.05) is 20.2 Å². The number of carbonyl (C=O) groups is 3. The molecule has 0 fully saturated rings. The molecule has 34 heavy (non-hydrogen) atoms. The molecule has 2 N–H and O–H groups in total. The van der Waals surface area contributed by atoms with Gasteiger partial charge in [-0.15, -0.1) is 0 Å². The molecular weight excluding hydrogens is 434 g/mol. The maximum atomic E-state index is 13.5. The number of carbonyl (C=O) groups excluding carboxylic acids is 3. The minimum absolute atomic E-state index is 0.0660. The third-order valence-electron chi connectivity index (χ3n) is 6.11. The van der Waals surface area contributed by atoms with Crippen LogP contribution in [0.2, 0.25) is 0 Å². The summed E-state index contributed by atoms with van der Waals surface area (Å²) in [4.78, 5) is 45.5. The topological polar surface area (TPSA) is 106 Å². The third kappa shape index (κ3) is 5.24. The van der Waals surface area contributed by atoms with Gasteiger partial charge in [-0.25, -0.2) is 4.98 Å². The Morgan fingerprint density at radius 2 is 2.03 bits per heavy atom. The molecule has 0 radical (unpaired) electrons. The fourth-order valence-electron chi connectivity index (χ4n) is 4.14. The summed E-state index contributed by atoms with van der Waals surface area (Å²) in [5, 5.41) is 5.82. The van der Waals surface area contributed by atoms with Crippen molar-refractivity contribution in [2.24, 2.45) is 5.92 Å². The molecule has 1 aliphatic rings. The number of rotatable bonds is 10. The first-order valence-electron chi connectivity index (χ1n) is 11.8. The van der Waals surface area contributed by atoms with Crippen molar-refractivity contribution >= 4 is 17.7 Å². The number of aromatic nitrogens is 2. The summed E-state index contributed by atoms with van der Waals surface area (Å²) in [7, 11) is 1.58. The van der Waals surface area contributed by atoms with E-state index in [2.05, 4.69) is 29.5 Å². The van der Waals surface area contributed by atoms with Crippen LogP contribution in [-0.4, -0.2) is 57.9 Å². The molecule has 9 heteroatoms. The summed E-state index contributed by atoms with van der Waals surface area (Å²) in [6, 6.07) is 7.38. The van der Waals surface area contributed by atoms with Crippen LogP contribution in [0.25, 0.3) is 0 Å². The Bertz CT molecular complexity index is 1050. The highest BCUT2D eigenvalue weighted by atomic mass is 16.5. The molecule has 184 valence electrons. The molecule has 2 heterocycles. The summed E-state index contributed by atoms with van der Waals surface area (Å²) in [5.74, 6) is 0.164. The van der Waals surface area contributed by atoms with Gasteiger partial charge in [0.25, 0.3) is 11.8 Å². The fourth-order valence-corrected chi connectivity index (χ4v) is 4.14. The van der Waals surface area contributed by atoms with E-state index in [1.54, 1.807) is 23.5 Å². The van der Waals surface area contributed by atoms with Crippen molar-refractivity contribution in [1.29, 1.82) is 0 Å². The zero-order chi connectivity index (χ0) is 24.9. The molecule has 1 aromatic heterocycles. The molecule has 3 rings (SSSR count). The molecule has 1 aromatic carbocycles. The summed E-state index contributed by atoms with van der Waals surface area (Å²) in [6.07, 6.45) is 3.01. The maximum absolute atomic E-state index is 13.5. The van der Waals surface area contributed by atoms with Gasteiger partial charge in [0.05, 0.1) is 20.0 Å². The number of nitrogens with zero attached hydrogens (tertiary/aromatic N) is 3. The highest BCUT2D eigenvalue weighted by Gasteiger charge is 2.48. The third-order valence-corrected chi connectivity index (χ3v) is 6.11. The van der Waals surface area contributed by atoms with Crippen molar-refractivity contribution in [3.05, 3.63) is 47.5 Å². The zero-order valence-electron chi connectivity index (χ0n) is 20.7. The van der Waals surface area contributed by atoms with E-state index in [9.17, 15) is 14.4 Å². The van der Waals surface area contributed by atoms with E-state index in [0.717, 1.165) is 12.0 Å². The Hall–Kier alpha value is -3.36. The number of fused-ring (bicyclic) bond motifs is 1. The number of hydrogen-bond acceptors (Lipinski definition) is 5. The predicted octanol–water partition coefficient (Wildman–Crippen LogP) is 2.61. The SMILES string of the molecule is CCCN1C(=O)c2c(C(=O)NCc3cccc(OC)c3)ncn2CC1(C)C(=O)NCCC(C)C. The molecule has 2 aromatic rings. The van der Waals surface area contributed by atoms with Gasteiger partial charge in [0, 0.05) is 19.6 Å². The van der Waals surface area contributed by atoms with E-state index in [4.69, 9.17) is 4.74 Å². The molecule has 0 spiro atoms. The second-order valence-corrected chi connectivity index (χ2v) is 9.27. The van der Waals surface area contributed by atoms with Crippen LogP contribution < -0.4 is 15.4 Å². The van der Waals surface area contributed by atoms with E-state index < -0.39 is 11.4 Å². The van der Waals surface area contributed by atoms with Crippen LogP contribution in [0, 0.1) is 5.92 Å². The second kappa shape index (κ2) is 10.7. The van der Waals surface area contributed by atoms with Gasteiger partial charge < -0.3 is 24.8 Å². The van der Waals surface area contributed by atoms with Crippen molar-refractivity contribution in [3.8, 4) is 5.75 Å². The lowest BCUT2D eigenvalue weighted by Gasteiger charge is -2.43. The Kier molecular flexibility index (Phi) is 7.96. The largest absolute Gasteiger partial charge is 0.497 e. The summed E-state index contributed by atoms with van der Waals surface area (Å²) in [6.45, 7) is 9.38. The monoisotopic (exact) mass is 469 g/mol. The van der Waals surface area contributed by atoms with Gasteiger partial charge >= 0.3 is 0 Å². The van der Waals surface area contributed by atoms with E-state index in [0.29, 0.717) is 31.2 Å². The lowest BCUT2D eigenvalue weighted by Crippen LogP contribution is -2.64. The normalized spacial score (nSPS) is 17.5. The van der Waals surface area contributed by atoms with Gasteiger partial charge in [-0.05, 0) is 43.4 Å². The van der Waals surface area contributed by atoms with Crippen LogP contribution in [-0.2, 0) is 17.9 Å². The van der Waals surface area contributed by atoms with Crippen LogP contribution in [0.15, 0.2) is 30.6 Å². The Balaban J connectivity index is 1.81. The Morgan fingerprint density at radius 1 is 1.26 bits per heavy atom. The molecule has 0 saturated heterocycles. The molecular formula is C25H35N5O4. The standard InChI is InChI=1S/C25H35N5O4/c1-6-12-30-23(32)21-20(22(31)27-14-18-8-7-9-19(13-18)34-5)28-16-29(21)15-25(30,4)24(33)26-11-10-17(2)3/h7-9,13,16-17H,6,10-12,14-15H2,1-5H3,(H,26,33)(H,27,31). The molecule has 3 amide bonds. The van der Waals surface area contributed by atoms with Crippen molar-refractivity contribution in [3.63, 3.8) is 0 Å².